The van der Waals surface area contributed by atoms with Gasteiger partial charge in [-0.2, -0.15) is 0 Å². The van der Waals surface area contributed by atoms with Gasteiger partial charge in [-0.25, -0.2) is 0 Å². The second-order valence-electron chi connectivity index (χ2n) is 2.89. The van der Waals surface area contributed by atoms with Gasteiger partial charge in [0.2, 0.25) is 0 Å². The van der Waals surface area contributed by atoms with Crippen molar-refractivity contribution in [3.05, 3.63) is 0 Å². The molecule has 0 aliphatic carbocycles. The number of carbonyl (C=O) groups is 1. The van der Waals surface area contributed by atoms with Crippen molar-refractivity contribution in [2.75, 3.05) is 13.2 Å². The number of hydrogen-bond acceptors (Lipinski definition) is 3. The molecule has 1 aliphatic heterocycles. The lowest BCUT2D eigenvalue weighted by molar-refractivity contribution is -0.148. The fourth-order valence-electron chi connectivity index (χ4n) is 0.648. The first-order chi connectivity index (χ1) is 5.24. The smallest absolute Gasteiger partial charge is 0.308 e. The van der Waals surface area contributed by atoms with Gasteiger partial charge in [-0.15, -0.1) is 0 Å². The number of epoxide rings is 1. The van der Waals surface area contributed by atoms with Gasteiger partial charge in [0, 0.05) is 0 Å². The van der Waals surface area contributed by atoms with Crippen LogP contribution in [0.1, 0.15) is 20.3 Å². The molecule has 0 aromatic carbocycles. The molecule has 0 spiro atoms. The first-order valence-electron chi connectivity index (χ1n) is 4.02. The van der Waals surface area contributed by atoms with Crippen LogP contribution >= 0.6 is 0 Å². The van der Waals surface area contributed by atoms with Crippen molar-refractivity contribution in [2.24, 2.45) is 5.92 Å². The molecule has 0 radical (unpaired) electrons. The van der Waals surface area contributed by atoms with Gasteiger partial charge >= 0.3 is 5.97 Å². The van der Waals surface area contributed by atoms with E-state index < -0.39 is 0 Å². The molecule has 11 heavy (non-hydrogen) atoms. The zero-order valence-corrected chi connectivity index (χ0v) is 7.00. The van der Waals surface area contributed by atoms with Gasteiger partial charge in [-0.1, -0.05) is 13.8 Å². The van der Waals surface area contributed by atoms with Crippen LogP contribution in [0.25, 0.3) is 0 Å². The maximum absolute atomic E-state index is 11.0. The van der Waals surface area contributed by atoms with E-state index in [2.05, 4.69) is 0 Å². The van der Waals surface area contributed by atoms with Crippen LogP contribution in [0.2, 0.25) is 0 Å². The summed E-state index contributed by atoms with van der Waals surface area (Å²) in [6.07, 6.45) is 1.02. The van der Waals surface area contributed by atoms with Gasteiger partial charge in [-0.3, -0.25) is 4.79 Å². The third kappa shape index (κ3) is 2.89. The number of rotatable bonds is 4. The van der Waals surface area contributed by atoms with Crippen LogP contribution in [-0.2, 0) is 14.3 Å². The third-order valence-electron chi connectivity index (χ3n) is 1.83. The molecule has 0 amide bonds. The average Bonchev–Trinajstić information content (AvgIpc) is 2.81. The van der Waals surface area contributed by atoms with Crippen molar-refractivity contribution < 1.29 is 14.3 Å². The molecule has 0 N–H and O–H groups in total. The molecule has 0 aromatic heterocycles. The van der Waals surface area contributed by atoms with E-state index in [9.17, 15) is 4.79 Å². The maximum atomic E-state index is 11.0. The molecule has 0 bridgehead atoms. The van der Waals surface area contributed by atoms with E-state index >= 15 is 0 Å². The fraction of sp³-hybridized carbons (Fsp3) is 0.875. The highest BCUT2D eigenvalue weighted by atomic mass is 16.6. The van der Waals surface area contributed by atoms with Crippen LogP contribution in [0, 0.1) is 5.92 Å². The SMILES string of the molecule is CCC(C)C(=O)OCC1CO1. The monoisotopic (exact) mass is 158 g/mol. The maximum Gasteiger partial charge on any atom is 0.308 e. The number of hydrogen-bond donors (Lipinski definition) is 0. The normalized spacial score (nSPS) is 24.4. The zero-order chi connectivity index (χ0) is 8.27. The zero-order valence-electron chi connectivity index (χ0n) is 7.00. The topological polar surface area (TPSA) is 38.8 Å². The third-order valence-corrected chi connectivity index (χ3v) is 1.83. The van der Waals surface area contributed by atoms with Crippen LogP contribution in [0.15, 0.2) is 0 Å². The van der Waals surface area contributed by atoms with Gasteiger partial charge in [0.15, 0.2) is 0 Å². The summed E-state index contributed by atoms with van der Waals surface area (Å²) in [6, 6.07) is 0. The summed E-state index contributed by atoms with van der Waals surface area (Å²) in [4.78, 5) is 11.0. The number of carbonyl (C=O) groups excluding carboxylic acids is 1. The molecule has 2 atom stereocenters. The Labute approximate surface area is 66.7 Å². The van der Waals surface area contributed by atoms with Crippen molar-refractivity contribution >= 4 is 5.97 Å². The molecule has 3 nitrogen and oxygen atoms in total. The molecule has 1 saturated heterocycles. The van der Waals surface area contributed by atoms with E-state index in [-0.39, 0.29) is 18.0 Å². The highest BCUT2D eigenvalue weighted by Crippen LogP contribution is 2.10. The lowest BCUT2D eigenvalue weighted by Crippen LogP contribution is -2.16. The standard InChI is InChI=1S/C8H14O3/c1-3-6(2)8(9)11-5-7-4-10-7/h6-7H,3-5H2,1-2H3. The van der Waals surface area contributed by atoms with Gasteiger partial charge < -0.3 is 9.47 Å². The predicted molar refractivity (Wildman–Crippen MR) is 40.2 cm³/mol. The summed E-state index contributed by atoms with van der Waals surface area (Å²) >= 11 is 0. The van der Waals surface area contributed by atoms with Crippen LogP contribution < -0.4 is 0 Å². The minimum Gasteiger partial charge on any atom is -0.463 e. The van der Waals surface area contributed by atoms with Gasteiger partial charge in [-0.05, 0) is 6.42 Å². The molecule has 2 unspecified atom stereocenters. The Bertz CT molecular complexity index is 140. The van der Waals surface area contributed by atoms with E-state index in [0.717, 1.165) is 13.0 Å². The quantitative estimate of drug-likeness (QED) is 0.452. The summed E-state index contributed by atoms with van der Waals surface area (Å²) in [7, 11) is 0. The van der Waals surface area contributed by atoms with E-state index in [1.807, 2.05) is 13.8 Å². The van der Waals surface area contributed by atoms with E-state index in [4.69, 9.17) is 9.47 Å². The Kier molecular flexibility index (Phi) is 2.88. The number of ether oxygens (including phenoxy) is 2. The average molecular weight is 158 g/mol. The van der Waals surface area contributed by atoms with Crippen LogP contribution in [0.3, 0.4) is 0 Å². The Morgan fingerprint density at radius 3 is 2.91 bits per heavy atom. The summed E-state index contributed by atoms with van der Waals surface area (Å²) < 4.78 is 9.85. The molecule has 0 saturated carbocycles. The molecule has 1 rings (SSSR count). The Morgan fingerprint density at radius 1 is 1.82 bits per heavy atom. The minimum absolute atomic E-state index is 0.0220. The van der Waals surface area contributed by atoms with Crippen molar-refractivity contribution in [3.63, 3.8) is 0 Å². The second-order valence-corrected chi connectivity index (χ2v) is 2.89. The van der Waals surface area contributed by atoms with Gasteiger partial charge in [0.25, 0.3) is 0 Å². The summed E-state index contributed by atoms with van der Waals surface area (Å²) in [6.45, 7) is 5.02. The van der Waals surface area contributed by atoms with Gasteiger partial charge in [0.1, 0.15) is 12.7 Å². The number of esters is 1. The Morgan fingerprint density at radius 2 is 2.45 bits per heavy atom. The van der Waals surface area contributed by atoms with Crippen LogP contribution in [-0.4, -0.2) is 25.3 Å². The lowest BCUT2D eigenvalue weighted by atomic mass is 10.1. The summed E-state index contributed by atoms with van der Waals surface area (Å²) in [5.41, 5.74) is 0. The molecular formula is C8H14O3. The first kappa shape index (κ1) is 8.53. The molecule has 0 aromatic rings. The highest BCUT2D eigenvalue weighted by molar-refractivity contribution is 5.71. The molecule has 3 heteroatoms. The predicted octanol–water partition coefficient (Wildman–Crippen LogP) is 0.975. The van der Waals surface area contributed by atoms with Gasteiger partial charge in [0.05, 0.1) is 12.5 Å². The molecular weight excluding hydrogens is 144 g/mol. The Balaban J connectivity index is 2.08. The molecule has 64 valence electrons. The van der Waals surface area contributed by atoms with Crippen molar-refractivity contribution in [1.29, 1.82) is 0 Å². The molecule has 1 aliphatic rings. The lowest BCUT2D eigenvalue weighted by Gasteiger charge is -2.06. The van der Waals surface area contributed by atoms with Crippen LogP contribution in [0.4, 0.5) is 0 Å². The largest absolute Gasteiger partial charge is 0.463 e. The van der Waals surface area contributed by atoms with Crippen molar-refractivity contribution in [1.82, 2.24) is 0 Å². The van der Waals surface area contributed by atoms with Crippen molar-refractivity contribution in [3.8, 4) is 0 Å². The van der Waals surface area contributed by atoms with E-state index in [0.29, 0.717) is 6.61 Å². The summed E-state index contributed by atoms with van der Waals surface area (Å²) in [5.74, 6) is -0.0863. The Hall–Kier alpha value is -0.570. The fourth-order valence-corrected chi connectivity index (χ4v) is 0.648. The van der Waals surface area contributed by atoms with E-state index in [1.165, 1.54) is 0 Å². The van der Waals surface area contributed by atoms with Crippen LogP contribution in [0.5, 0.6) is 0 Å². The highest BCUT2D eigenvalue weighted by Gasteiger charge is 2.25. The summed E-state index contributed by atoms with van der Waals surface area (Å²) in [5, 5.41) is 0. The van der Waals surface area contributed by atoms with Crippen molar-refractivity contribution in [2.45, 2.75) is 26.4 Å². The van der Waals surface area contributed by atoms with E-state index in [1.54, 1.807) is 0 Å². The molecule has 1 fully saturated rings. The first-order valence-corrected chi connectivity index (χ1v) is 4.02. The molecule has 1 heterocycles. The minimum atomic E-state index is -0.108. The second kappa shape index (κ2) is 3.72.